The van der Waals surface area contributed by atoms with E-state index < -0.39 is 12.1 Å². The summed E-state index contributed by atoms with van der Waals surface area (Å²) in [5.74, 6) is 2.76. The van der Waals surface area contributed by atoms with Gasteiger partial charge in [0.2, 0.25) is 0 Å². The molecule has 0 aliphatic carbocycles. The van der Waals surface area contributed by atoms with Crippen molar-refractivity contribution in [1.82, 2.24) is 20.5 Å². The molecular weight excluding hydrogens is 172 g/mol. The molecule has 6 heteroatoms. The van der Waals surface area contributed by atoms with E-state index in [1.54, 1.807) is 0 Å². The normalized spacial score (nSPS) is 11.6. The summed E-state index contributed by atoms with van der Waals surface area (Å²) in [5.41, 5.74) is 0. The molecule has 0 spiro atoms. The SMILES string of the molecule is C#CCC(NC(=O)O)c1ncn[nH]1. The summed E-state index contributed by atoms with van der Waals surface area (Å²) >= 11 is 0. The Hall–Kier alpha value is -2.03. The second kappa shape index (κ2) is 4.11. The van der Waals surface area contributed by atoms with Gasteiger partial charge < -0.3 is 10.4 Å². The molecule has 1 aromatic heterocycles. The van der Waals surface area contributed by atoms with E-state index in [0.29, 0.717) is 5.82 Å². The maximum absolute atomic E-state index is 10.3. The summed E-state index contributed by atoms with van der Waals surface area (Å²) in [4.78, 5) is 14.1. The van der Waals surface area contributed by atoms with Gasteiger partial charge in [-0.2, -0.15) is 5.10 Å². The Balaban J connectivity index is 2.69. The van der Waals surface area contributed by atoms with Crippen molar-refractivity contribution in [2.75, 3.05) is 0 Å². The van der Waals surface area contributed by atoms with E-state index in [1.165, 1.54) is 6.33 Å². The lowest BCUT2D eigenvalue weighted by Gasteiger charge is -2.09. The number of nitrogens with zero attached hydrogens (tertiary/aromatic N) is 2. The number of carbonyl (C=O) groups is 1. The third-order valence-corrected chi connectivity index (χ3v) is 1.38. The molecule has 1 atom stereocenters. The van der Waals surface area contributed by atoms with Crippen LogP contribution in [-0.4, -0.2) is 26.4 Å². The van der Waals surface area contributed by atoms with Crippen molar-refractivity contribution >= 4 is 6.09 Å². The quantitative estimate of drug-likeness (QED) is 0.577. The van der Waals surface area contributed by atoms with Crippen molar-refractivity contribution in [1.29, 1.82) is 0 Å². The van der Waals surface area contributed by atoms with E-state index in [4.69, 9.17) is 11.5 Å². The molecule has 3 N–H and O–H groups in total. The van der Waals surface area contributed by atoms with Crippen molar-refractivity contribution in [3.05, 3.63) is 12.2 Å². The van der Waals surface area contributed by atoms with Crippen LogP contribution in [0.5, 0.6) is 0 Å². The molecule has 1 unspecified atom stereocenters. The molecule has 6 nitrogen and oxygen atoms in total. The van der Waals surface area contributed by atoms with Crippen LogP contribution in [0.3, 0.4) is 0 Å². The molecule has 0 fully saturated rings. The van der Waals surface area contributed by atoms with E-state index >= 15 is 0 Å². The van der Waals surface area contributed by atoms with E-state index in [-0.39, 0.29) is 6.42 Å². The van der Waals surface area contributed by atoms with Gasteiger partial charge in [-0.1, -0.05) is 0 Å². The Morgan fingerprint density at radius 2 is 2.69 bits per heavy atom. The van der Waals surface area contributed by atoms with Crippen molar-refractivity contribution in [3.63, 3.8) is 0 Å². The van der Waals surface area contributed by atoms with Crippen molar-refractivity contribution < 1.29 is 9.90 Å². The molecule has 0 aliphatic rings. The molecule has 0 bridgehead atoms. The molecule has 1 aromatic rings. The summed E-state index contributed by atoms with van der Waals surface area (Å²) < 4.78 is 0. The second-order valence-electron chi connectivity index (χ2n) is 2.28. The van der Waals surface area contributed by atoms with Crippen molar-refractivity contribution in [2.45, 2.75) is 12.5 Å². The molecule has 13 heavy (non-hydrogen) atoms. The van der Waals surface area contributed by atoms with Crippen LogP contribution in [0.2, 0.25) is 0 Å². The molecule has 0 aromatic carbocycles. The standard InChI is InChI=1S/C7H8N4O2/c1-2-3-5(10-7(12)13)6-8-4-9-11-6/h1,4-5,10H,3H2,(H,12,13)(H,8,9,11). The van der Waals surface area contributed by atoms with Crippen LogP contribution >= 0.6 is 0 Å². The molecule has 0 saturated heterocycles. The molecule has 1 amide bonds. The monoisotopic (exact) mass is 180 g/mol. The first-order valence-electron chi connectivity index (χ1n) is 3.52. The number of aromatic nitrogens is 3. The average Bonchev–Trinajstić information content (AvgIpc) is 2.54. The Kier molecular flexibility index (Phi) is 2.87. The van der Waals surface area contributed by atoms with Gasteiger partial charge >= 0.3 is 6.09 Å². The minimum Gasteiger partial charge on any atom is -0.465 e. The number of aromatic amines is 1. The number of rotatable bonds is 3. The minimum atomic E-state index is -1.14. The highest BCUT2D eigenvalue weighted by Gasteiger charge is 2.14. The highest BCUT2D eigenvalue weighted by molar-refractivity contribution is 5.65. The Labute approximate surface area is 74.4 Å². The first kappa shape index (κ1) is 9.06. The molecular formula is C7H8N4O2. The smallest absolute Gasteiger partial charge is 0.405 e. The van der Waals surface area contributed by atoms with Gasteiger partial charge in [-0.3, -0.25) is 5.10 Å². The van der Waals surface area contributed by atoms with Gasteiger partial charge in [0.25, 0.3) is 0 Å². The first-order valence-corrected chi connectivity index (χ1v) is 3.52. The largest absolute Gasteiger partial charge is 0.465 e. The van der Waals surface area contributed by atoms with Gasteiger partial charge in [0.1, 0.15) is 18.2 Å². The Morgan fingerprint density at radius 1 is 1.92 bits per heavy atom. The summed E-state index contributed by atoms with van der Waals surface area (Å²) in [7, 11) is 0. The predicted molar refractivity (Wildman–Crippen MR) is 43.7 cm³/mol. The molecule has 0 aliphatic heterocycles. The minimum absolute atomic E-state index is 0.238. The summed E-state index contributed by atoms with van der Waals surface area (Å²) in [5, 5.41) is 16.8. The first-order chi connectivity index (χ1) is 6.24. The third-order valence-electron chi connectivity index (χ3n) is 1.38. The van der Waals surface area contributed by atoms with Gasteiger partial charge in [-0.05, 0) is 0 Å². The van der Waals surface area contributed by atoms with Crippen LogP contribution in [0, 0.1) is 12.3 Å². The second-order valence-corrected chi connectivity index (χ2v) is 2.28. The van der Waals surface area contributed by atoms with Gasteiger partial charge in [0.05, 0.1) is 0 Å². The molecule has 1 heterocycles. The van der Waals surface area contributed by atoms with Gasteiger partial charge in [-0.15, -0.1) is 12.3 Å². The number of hydrogen-bond acceptors (Lipinski definition) is 3. The maximum atomic E-state index is 10.3. The number of amides is 1. The van der Waals surface area contributed by atoms with Gasteiger partial charge in [0, 0.05) is 6.42 Å². The highest BCUT2D eigenvalue weighted by Crippen LogP contribution is 2.09. The van der Waals surface area contributed by atoms with Crippen LogP contribution < -0.4 is 5.32 Å². The van der Waals surface area contributed by atoms with E-state index in [2.05, 4.69) is 26.4 Å². The molecule has 0 saturated carbocycles. The number of terminal acetylenes is 1. The third kappa shape index (κ3) is 2.48. The summed E-state index contributed by atoms with van der Waals surface area (Å²) in [6, 6.07) is -0.523. The summed E-state index contributed by atoms with van der Waals surface area (Å²) in [6.07, 6.45) is 5.46. The van der Waals surface area contributed by atoms with Gasteiger partial charge in [-0.25, -0.2) is 9.78 Å². The predicted octanol–water partition coefficient (Wildman–Crippen LogP) is 0.137. The maximum Gasteiger partial charge on any atom is 0.405 e. The molecule has 68 valence electrons. The lowest BCUT2D eigenvalue weighted by Crippen LogP contribution is -2.27. The highest BCUT2D eigenvalue weighted by atomic mass is 16.4. The van der Waals surface area contributed by atoms with Crippen LogP contribution in [0.4, 0.5) is 4.79 Å². The van der Waals surface area contributed by atoms with Crippen LogP contribution in [0.15, 0.2) is 6.33 Å². The summed E-state index contributed by atoms with van der Waals surface area (Å²) in [6.45, 7) is 0. The zero-order valence-corrected chi connectivity index (χ0v) is 6.69. The molecule has 1 rings (SSSR count). The number of nitrogens with one attached hydrogen (secondary N) is 2. The van der Waals surface area contributed by atoms with Crippen molar-refractivity contribution in [3.8, 4) is 12.3 Å². The number of carboxylic acid groups (broad SMARTS) is 1. The molecule has 0 radical (unpaired) electrons. The van der Waals surface area contributed by atoms with Crippen LogP contribution in [-0.2, 0) is 0 Å². The van der Waals surface area contributed by atoms with Crippen molar-refractivity contribution in [2.24, 2.45) is 0 Å². The average molecular weight is 180 g/mol. The van der Waals surface area contributed by atoms with E-state index in [9.17, 15) is 4.79 Å². The fraction of sp³-hybridized carbons (Fsp3) is 0.286. The zero-order chi connectivity index (χ0) is 9.68. The Morgan fingerprint density at radius 3 is 3.15 bits per heavy atom. The fourth-order valence-corrected chi connectivity index (χ4v) is 0.866. The van der Waals surface area contributed by atoms with Crippen LogP contribution in [0.1, 0.15) is 18.3 Å². The number of H-pyrrole nitrogens is 1. The van der Waals surface area contributed by atoms with Gasteiger partial charge in [0.15, 0.2) is 0 Å². The van der Waals surface area contributed by atoms with E-state index in [0.717, 1.165) is 0 Å². The zero-order valence-electron chi connectivity index (χ0n) is 6.69. The Bertz CT molecular complexity index is 314. The lowest BCUT2D eigenvalue weighted by atomic mass is 10.2. The topological polar surface area (TPSA) is 90.9 Å². The lowest BCUT2D eigenvalue weighted by molar-refractivity contribution is 0.189. The van der Waals surface area contributed by atoms with E-state index in [1.807, 2.05) is 0 Å². The number of hydrogen-bond donors (Lipinski definition) is 3. The fourth-order valence-electron chi connectivity index (χ4n) is 0.866. The van der Waals surface area contributed by atoms with Crippen LogP contribution in [0.25, 0.3) is 0 Å².